The van der Waals surface area contributed by atoms with Crippen molar-refractivity contribution in [1.82, 2.24) is 4.90 Å². The second-order valence-electron chi connectivity index (χ2n) is 7.66. The summed E-state index contributed by atoms with van der Waals surface area (Å²) in [5.41, 5.74) is 5.63. The SMILES string of the molecule is CC(C)(C[C@H](COCc1ccccc1)CN1CCOC[C@@H]1CO)OC(N)=O. The Morgan fingerprint density at radius 1 is 1.41 bits per heavy atom. The Hall–Kier alpha value is -1.67. The van der Waals surface area contributed by atoms with E-state index in [0.29, 0.717) is 32.8 Å². The molecule has 2 atom stereocenters. The number of hydrogen-bond donors (Lipinski definition) is 2. The Morgan fingerprint density at radius 3 is 2.81 bits per heavy atom. The molecule has 1 fully saturated rings. The molecule has 0 spiro atoms. The minimum Gasteiger partial charge on any atom is -0.444 e. The van der Waals surface area contributed by atoms with Crippen molar-refractivity contribution >= 4 is 6.09 Å². The number of rotatable bonds is 10. The van der Waals surface area contributed by atoms with Crippen molar-refractivity contribution in [1.29, 1.82) is 0 Å². The maximum atomic E-state index is 11.2. The van der Waals surface area contributed by atoms with Crippen LogP contribution in [-0.2, 0) is 20.8 Å². The van der Waals surface area contributed by atoms with E-state index < -0.39 is 11.7 Å². The van der Waals surface area contributed by atoms with Gasteiger partial charge in [0.05, 0.1) is 39.1 Å². The average molecular weight is 380 g/mol. The van der Waals surface area contributed by atoms with Gasteiger partial charge in [0.15, 0.2) is 0 Å². The molecule has 2 rings (SSSR count). The number of primary amides is 1. The molecular formula is C20H32N2O5. The molecule has 0 radical (unpaired) electrons. The van der Waals surface area contributed by atoms with E-state index in [4.69, 9.17) is 19.9 Å². The first-order chi connectivity index (χ1) is 12.9. The molecule has 0 saturated carbocycles. The summed E-state index contributed by atoms with van der Waals surface area (Å²) in [4.78, 5) is 13.4. The Kier molecular flexibility index (Phi) is 8.50. The first-order valence-electron chi connectivity index (χ1n) is 9.42. The van der Waals surface area contributed by atoms with Gasteiger partial charge >= 0.3 is 6.09 Å². The van der Waals surface area contributed by atoms with Crippen LogP contribution in [0.15, 0.2) is 30.3 Å². The number of hydrogen-bond acceptors (Lipinski definition) is 6. The van der Waals surface area contributed by atoms with Gasteiger partial charge in [-0.05, 0) is 31.7 Å². The van der Waals surface area contributed by atoms with Gasteiger partial charge in [0, 0.05) is 13.1 Å². The van der Waals surface area contributed by atoms with Gasteiger partial charge in [-0.25, -0.2) is 4.79 Å². The van der Waals surface area contributed by atoms with Crippen LogP contribution in [0.5, 0.6) is 0 Å². The average Bonchev–Trinajstić information content (AvgIpc) is 2.61. The first kappa shape index (κ1) is 21.6. The lowest BCUT2D eigenvalue weighted by molar-refractivity contribution is -0.0513. The molecule has 1 heterocycles. The molecule has 3 N–H and O–H groups in total. The Morgan fingerprint density at radius 2 is 2.15 bits per heavy atom. The second kappa shape index (κ2) is 10.6. The van der Waals surface area contributed by atoms with Gasteiger partial charge in [0.2, 0.25) is 0 Å². The van der Waals surface area contributed by atoms with Crippen LogP contribution < -0.4 is 5.73 Å². The third-order valence-electron chi connectivity index (χ3n) is 4.68. The zero-order valence-corrected chi connectivity index (χ0v) is 16.3. The number of carbonyl (C=O) groups is 1. The predicted octanol–water partition coefficient (Wildman–Crippen LogP) is 1.78. The van der Waals surface area contributed by atoms with Crippen molar-refractivity contribution < 1.29 is 24.1 Å². The zero-order chi connectivity index (χ0) is 19.7. The fraction of sp³-hybridized carbons (Fsp3) is 0.650. The van der Waals surface area contributed by atoms with E-state index in [1.807, 2.05) is 44.2 Å². The number of carbonyl (C=O) groups excluding carboxylic acids is 1. The molecule has 0 bridgehead atoms. The highest BCUT2D eigenvalue weighted by Gasteiger charge is 2.31. The molecule has 1 aliphatic rings. The smallest absolute Gasteiger partial charge is 0.405 e. The van der Waals surface area contributed by atoms with Crippen molar-refractivity contribution in [2.45, 2.75) is 38.5 Å². The summed E-state index contributed by atoms with van der Waals surface area (Å²) in [6.45, 7) is 7.47. The van der Waals surface area contributed by atoms with Crippen LogP contribution in [0.2, 0.25) is 0 Å². The molecule has 1 aliphatic heterocycles. The van der Waals surface area contributed by atoms with Gasteiger partial charge in [0.1, 0.15) is 5.60 Å². The van der Waals surface area contributed by atoms with Crippen LogP contribution >= 0.6 is 0 Å². The van der Waals surface area contributed by atoms with Gasteiger partial charge in [-0.2, -0.15) is 0 Å². The lowest BCUT2D eigenvalue weighted by Gasteiger charge is -2.38. The number of aliphatic hydroxyl groups is 1. The highest BCUT2D eigenvalue weighted by atomic mass is 16.6. The van der Waals surface area contributed by atoms with E-state index in [1.54, 1.807) is 0 Å². The van der Waals surface area contributed by atoms with Crippen LogP contribution in [0, 0.1) is 5.92 Å². The highest BCUT2D eigenvalue weighted by Crippen LogP contribution is 2.23. The quantitative estimate of drug-likeness (QED) is 0.643. The van der Waals surface area contributed by atoms with E-state index in [9.17, 15) is 9.90 Å². The standard InChI is InChI=1S/C20H32N2O5/c1-20(2,27-19(21)24)10-17(11-22-8-9-25-15-18(22)12-23)14-26-13-16-6-4-3-5-7-16/h3-7,17-18,23H,8-15H2,1-2H3,(H2,21,24)/t17-,18-/m0/s1. The number of ether oxygens (including phenoxy) is 3. The fourth-order valence-electron chi connectivity index (χ4n) is 3.53. The van der Waals surface area contributed by atoms with Crippen molar-refractivity contribution in [2.75, 3.05) is 39.5 Å². The number of aliphatic hydroxyl groups excluding tert-OH is 1. The highest BCUT2D eigenvalue weighted by molar-refractivity contribution is 5.65. The molecule has 152 valence electrons. The Labute approximate surface area is 161 Å². The second-order valence-corrected chi connectivity index (χ2v) is 7.66. The van der Waals surface area contributed by atoms with Crippen molar-refractivity contribution in [3.8, 4) is 0 Å². The van der Waals surface area contributed by atoms with Gasteiger partial charge in [-0.3, -0.25) is 4.90 Å². The normalized spacial score (nSPS) is 19.6. The van der Waals surface area contributed by atoms with Gasteiger partial charge < -0.3 is 25.1 Å². The molecule has 7 nitrogen and oxygen atoms in total. The van der Waals surface area contributed by atoms with E-state index in [-0.39, 0.29) is 18.6 Å². The molecule has 1 saturated heterocycles. The Bertz CT molecular complexity index is 567. The van der Waals surface area contributed by atoms with E-state index in [1.165, 1.54) is 0 Å². The summed E-state index contributed by atoms with van der Waals surface area (Å²) in [5, 5.41) is 9.61. The van der Waals surface area contributed by atoms with E-state index in [2.05, 4.69) is 4.90 Å². The van der Waals surface area contributed by atoms with Gasteiger partial charge in [0.25, 0.3) is 0 Å². The third-order valence-corrected chi connectivity index (χ3v) is 4.68. The van der Waals surface area contributed by atoms with Crippen LogP contribution in [0.4, 0.5) is 4.79 Å². The van der Waals surface area contributed by atoms with Gasteiger partial charge in [-0.15, -0.1) is 0 Å². The van der Waals surface area contributed by atoms with Crippen LogP contribution in [-0.4, -0.2) is 67.3 Å². The van der Waals surface area contributed by atoms with Crippen molar-refractivity contribution in [3.05, 3.63) is 35.9 Å². The van der Waals surface area contributed by atoms with E-state index in [0.717, 1.165) is 18.7 Å². The van der Waals surface area contributed by atoms with Gasteiger partial charge in [-0.1, -0.05) is 30.3 Å². The minimum atomic E-state index is -0.774. The monoisotopic (exact) mass is 380 g/mol. The molecule has 7 heteroatoms. The number of nitrogens with two attached hydrogens (primary N) is 1. The van der Waals surface area contributed by atoms with Crippen LogP contribution in [0.25, 0.3) is 0 Å². The van der Waals surface area contributed by atoms with Crippen LogP contribution in [0.1, 0.15) is 25.8 Å². The lowest BCUT2D eigenvalue weighted by Crippen LogP contribution is -2.50. The summed E-state index contributed by atoms with van der Waals surface area (Å²) < 4.78 is 16.7. The number of amides is 1. The summed E-state index contributed by atoms with van der Waals surface area (Å²) in [6.07, 6.45) is -0.163. The zero-order valence-electron chi connectivity index (χ0n) is 16.3. The maximum absolute atomic E-state index is 11.2. The molecule has 0 aromatic heterocycles. The third kappa shape index (κ3) is 7.84. The molecule has 1 aromatic carbocycles. The minimum absolute atomic E-state index is 0.0180. The summed E-state index contributed by atoms with van der Waals surface area (Å²) in [7, 11) is 0. The number of benzene rings is 1. The largest absolute Gasteiger partial charge is 0.444 e. The predicted molar refractivity (Wildman–Crippen MR) is 102 cm³/mol. The fourth-order valence-corrected chi connectivity index (χ4v) is 3.53. The summed E-state index contributed by atoms with van der Waals surface area (Å²) in [5.74, 6) is 0.121. The number of morpholine rings is 1. The Balaban J connectivity index is 1.97. The van der Waals surface area contributed by atoms with Crippen molar-refractivity contribution in [3.63, 3.8) is 0 Å². The maximum Gasteiger partial charge on any atom is 0.405 e. The van der Waals surface area contributed by atoms with E-state index >= 15 is 0 Å². The topological polar surface area (TPSA) is 94.2 Å². The summed E-state index contributed by atoms with van der Waals surface area (Å²) in [6, 6.07) is 9.98. The molecule has 27 heavy (non-hydrogen) atoms. The lowest BCUT2D eigenvalue weighted by atomic mass is 9.92. The first-order valence-corrected chi connectivity index (χ1v) is 9.42. The van der Waals surface area contributed by atoms with Crippen molar-refractivity contribution in [2.24, 2.45) is 11.7 Å². The molecule has 1 aromatic rings. The molecule has 0 aliphatic carbocycles. The van der Waals surface area contributed by atoms with Crippen LogP contribution in [0.3, 0.4) is 0 Å². The number of nitrogens with zero attached hydrogens (tertiary/aromatic N) is 1. The molecule has 0 unspecified atom stereocenters. The molecule has 1 amide bonds. The summed E-state index contributed by atoms with van der Waals surface area (Å²) >= 11 is 0. The molecular weight excluding hydrogens is 348 g/mol.